The van der Waals surface area contributed by atoms with Crippen molar-refractivity contribution in [2.24, 2.45) is 11.8 Å². The Labute approximate surface area is 116 Å². The topological polar surface area (TPSA) is 52.6 Å². The van der Waals surface area contributed by atoms with Crippen LogP contribution in [-0.4, -0.2) is 47.7 Å². The maximum Gasteiger partial charge on any atom is 0.317 e. The maximum absolute atomic E-state index is 10.9. The maximum atomic E-state index is 10.9. The summed E-state index contributed by atoms with van der Waals surface area (Å²) in [5, 5.41) is 12.6. The molecule has 0 aromatic carbocycles. The third-order valence-corrected chi connectivity index (χ3v) is 4.61. The van der Waals surface area contributed by atoms with Crippen LogP contribution in [-0.2, 0) is 4.79 Å². The lowest BCUT2D eigenvalue weighted by atomic mass is 9.85. The van der Waals surface area contributed by atoms with Crippen LogP contribution < -0.4 is 5.32 Å². The van der Waals surface area contributed by atoms with Gasteiger partial charge in [-0.05, 0) is 44.1 Å². The molecule has 110 valence electrons. The van der Waals surface area contributed by atoms with Gasteiger partial charge in [-0.3, -0.25) is 9.69 Å². The molecule has 0 aromatic rings. The van der Waals surface area contributed by atoms with Gasteiger partial charge in [-0.25, -0.2) is 0 Å². The minimum absolute atomic E-state index is 0.221. The highest BCUT2D eigenvalue weighted by Gasteiger charge is 2.36. The second-order valence-electron chi connectivity index (χ2n) is 6.51. The van der Waals surface area contributed by atoms with E-state index in [2.05, 4.69) is 24.1 Å². The van der Waals surface area contributed by atoms with Crippen molar-refractivity contribution in [3.8, 4) is 0 Å². The molecule has 0 saturated heterocycles. The van der Waals surface area contributed by atoms with Gasteiger partial charge in [-0.2, -0.15) is 0 Å². The molecule has 0 aromatic heterocycles. The van der Waals surface area contributed by atoms with E-state index >= 15 is 0 Å². The van der Waals surface area contributed by atoms with Gasteiger partial charge in [0.25, 0.3) is 0 Å². The monoisotopic (exact) mass is 268 g/mol. The Kier molecular flexibility index (Phi) is 5.22. The summed E-state index contributed by atoms with van der Waals surface area (Å²) in [6.45, 7) is 6.80. The fraction of sp³-hybridized carbons (Fsp3) is 0.933. The lowest BCUT2D eigenvalue weighted by Gasteiger charge is -2.43. The van der Waals surface area contributed by atoms with Crippen LogP contribution in [0, 0.1) is 11.8 Å². The van der Waals surface area contributed by atoms with Gasteiger partial charge in [0, 0.05) is 18.6 Å². The van der Waals surface area contributed by atoms with E-state index in [0.717, 1.165) is 37.8 Å². The number of nitrogens with zero attached hydrogens (tertiary/aromatic N) is 1. The number of rotatable bonds is 9. The van der Waals surface area contributed by atoms with Crippen LogP contribution in [0.5, 0.6) is 0 Å². The lowest BCUT2D eigenvalue weighted by Crippen LogP contribution is -2.54. The van der Waals surface area contributed by atoms with E-state index in [9.17, 15) is 4.79 Å². The number of carboxylic acid groups (broad SMARTS) is 1. The molecule has 2 aliphatic rings. The van der Waals surface area contributed by atoms with E-state index in [1.807, 2.05) is 0 Å². The van der Waals surface area contributed by atoms with Crippen LogP contribution in [0.1, 0.15) is 46.0 Å². The zero-order valence-corrected chi connectivity index (χ0v) is 12.3. The van der Waals surface area contributed by atoms with Crippen LogP contribution in [0.4, 0.5) is 0 Å². The average Bonchev–Trinajstić information content (AvgIpc) is 3.09. The molecule has 0 aliphatic heterocycles. The molecule has 0 amide bonds. The minimum atomic E-state index is -0.684. The molecule has 0 bridgehead atoms. The largest absolute Gasteiger partial charge is 0.480 e. The first-order valence-corrected chi connectivity index (χ1v) is 7.77. The fourth-order valence-electron chi connectivity index (χ4n) is 2.71. The predicted octanol–water partition coefficient (Wildman–Crippen LogP) is 1.95. The van der Waals surface area contributed by atoms with Gasteiger partial charge in [-0.15, -0.1) is 0 Å². The molecule has 0 spiro atoms. The molecule has 1 atom stereocenters. The summed E-state index contributed by atoms with van der Waals surface area (Å²) in [5.41, 5.74) is 0. The molecule has 0 heterocycles. The summed E-state index contributed by atoms with van der Waals surface area (Å²) in [6, 6.07) is 1.10. The SMILES string of the molecule is CCC(C)CNC1CC(N(CC(=O)O)CC2CC2)C1. The van der Waals surface area contributed by atoms with Gasteiger partial charge in [0.05, 0.1) is 6.54 Å². The second-order valence-corrected chi connectivity index (χ2v) is 6.51. The Morgan fingerprint density at radius 3 is 2.63 bits per heavy atom. The molecule has 1 unspecified atom stereocenters. The lowest BCUT2D eigenvalue weighted by molar-refractivity contribution is -0.139. The van der Waals surface area contributed by atoms with E-state index < -0.39 is 5.97 Å². The van der Waals surface area contributed by atoms with Gasteiger partial charge >= 0.3 is 5.97 Å². The highest BCUT2D eigenvalue weighted by molar-refractivity contribution is 5.69. The van der Waals surface area contributed by atoms with Crippen molar-refractivity contribution < 1.29 is 9.90 Å². The first-order chi connectivity index (χ1) is 9.08. The van der Waals surface area contributed by atoms with E-state index in [-0.39, 0.29) is 6.54 Å². The Balaban J connectivity index is 1.68. The summed E-state index contributed by atoms with van der Waals surface area (Å²) in [6.07, 6.45) is 6.04. The molecule has 19 heavy (non-hydrogen) atoms. The van der Waals surface area contributed by atoms with Crippen molar-refractivity contribution in [1.29, 1.82) is 0 Å². The van der Waals surface area contributed by atoms with Crippen molar-refractivity contribution in [1.82, 2.24) is 10.2 Å². The fourth-order valence-corrected chi connectivity index (χ4v) is 2.71. The number of nitrogens with one attached hydrogen (secondary N) is 1. The molecule has 4 heteroatoms. The van der Waals surface area contributed by atoms with Gasteiger partial charge in [0.1, 0.15) is 0 Å². The number of carbonyl (C=O) groups is 1. The Bertz CT molecular complexity index is 299. The summed E-state index contributed by atoms with van der Waals surface area (Å²) in [7, 11) is 0. The molecule has 2 N–H and O–H groups in total. The van der Waals surface area contributed by atoms with Crippen molar-refractivity contribution in [3.05, 3.63) is 0 Å². The van der Waals surface area contributed by atoms with Gasteiger partial charge in [0.2, 0.25) is 0 Å². The summed E-state index contributed by atoms with van der Waals surface area (Å²) in [4.78, 5) is 13.1. The van der Waals surface area contributed by atoms with Crippen molar-refractivity contribution in [2.45, 2.75) is 58.0 Å². The molecule has 2 fully saturated rings. The quantitative estimate of drug-likeness (QED) is 0.671. The average molecular weight is 268 g/mol. The Morgan fingerprint density at radius 1 is 1.42 bits per heavy atom. The third-order valence-electron chi connectivity index (χ3n) is 4.61. The predicted molar refractivity (Wildman–Crippen MR) is 76.2 cm³/mol. The number of hydrogen-bond donors (Lipinski definition) is 2. The van der Waals surface area contributed by atoms with Crippen LogP contribution in [0.2, 0.25) is 0 Å². The molecule has 0 radical (unpaired) electrons. The minimum Gasteiger partial charge on any atom is -0.480 e. The Morgan fingerprint density at radius 2 is 2.11 bits per heavy atom. The molecule has 2 aliphatic carbocycles. The summed E-state index contributed by atoms with van der Waals surface area (Å²) >= 11 is 0. The Hall–Kier alpha value is -0.610. The molecule has 2 rings (SSSR count). The zero-order valence-electron chi connectivity index (χ0n) is 12.3. The summed E-state index contributed by atoms with van der Waals surface area (Å²) in [5.74, 6) is 0.823. The number of hydrogen-bond acceptors (Lipinski definition) is 3. The van der Waals surface area contributed by atoms with Gasteiger partial charge < -0.3 is 10.4 Å². The van der Waals surface area contributed by atoms with E-state index in [0.29, 0.717) is 12.1 Å². The van der Waals surface area contributed by atoms with Crippen LogP contribution in [0.3, 0.4) is 0 Å². The van der Waals surface area contributed by atoms with Crippen molar-refractivity contribution in [3.63, 3.8) is 0 Å². The van der Waals surface area contributed by atoms with E-state index in [1.165, 1.54) is 19.3 Å². The highest BCUT2D eigenvalue weighted by Crippen LogP contribution is 2.33. The molecular formula is C15H28N2O2. The standard InChI is InChI=1S/C15H28N2O2/c1-3-11(2)8-16-13-6-14(7-13)17(10-15(18)19)9-12-4-5-12/h11-14,16H,3-10H2,1-2H3,(H,18,19). The second kappa shape index (κ2) is 6.71. The van der Waals surface area contributed by atoms with Crippen LogP contribution in [0.15, 0.2) is 0 Å². The van der Waals surface area contributed by atoms with Crippen molar-refractivity contribution in [2.75, 3.05) is 19.6 Å². The van der Waals surface area contributed by atoms with Gasteiger partial charge in [-0.1, -0.05) is 20.3 Å². The summed E-state index contributed by atoms with van der Waals surface area (Å²) < 4.78 is 0. The van der Waals surface area contributed by atoms with Crippen LogP contribution in [0.25, 0.3) is 0 Å². The molecule has 4 nitrogen and oxygen atoms in total. The number of aliphatic carboxylic acids is 1. The molecular weight excluding hydrogens is 240 g/mol. The van der Waals surface area contributed by atoms with Gasteiger partial charge in [0.15, 0.2) is 0 Å². The van der Waals surface area contributed by atoms with E-state index in [4.69, 9.17) is 5.11 Å². The third kappa shape index (κ3) is 4.77. The number of carboxylic acids is 1. The van der Waals surface area contributed by atoms with Crippen LogP contribution >= 0.6 is 0 Å². The highest BCUT2D eigenvalue weighted by atomic mass is 16.4. The molecule has 2 saturated carbocycles. The smallest absolute Gasteiger partial charge is 0.317 e. The van der Waals surface area contributed by atoms with E-state index in [1.54, 1.807) is 0 Å². The first-order valence-electron chi connectivity index (χ1n) is 7.77. The zero-order chi connectivity index (χ0) is 13.8. The van der Waals surface area contributed by atoms with Crippen molar-refractivity contribution >= 4 is 5.97 Å². The first kappa shape index (κ1) is 14.8. The normalized spacial score (nSPS) is 28.2.